The van der Waals surface area contributed by atoms with Crippen LogP contribution in [0.25, 0.3) is 11.0 Å². The molecule has 13 heteroatoms. The van der Waals surface area contributed by atoms with Crippen molar-refractivity contribution in [2.45, 2.75) is 31.5 Å². The van der Waals surface area contributed by atoms with E-state index in [2.05, 4.69) is 9.97 Å². The van der Waals surface area contributed by atoms with E-state index in [9.17, 15) is 19.6 Å². The summed E-state index contributed by atoms with van der Waals surface area (Å²) in [6, 6.07) is 0. The predicted octanol–water partition coefficient (Wildman–Crippen LogP) is -1.78. The number of nitrogens with zero attached hydrogens (tertiary/aromatic N) is 3. The second-order valence-corrected chi connectivity index (χ2v) is 7.76. The molecule has 142 valence electrons. The number of nitrogens with two attached hydrogens (primary N) is 2. The number of rotatable bonds is 4. The number of hydrogen-bond donors (Lipinski definition) is 6. The lowest BCUT2D eigenvalue weighted by atomic mass is 10.1. The number of primary amides is 1. The van der Waals surface area contributed by atoms with Crippen LogP contribution in [0.15, 0.2) is 6.20 Å². The van der Waals surface area contributed by atoms with E-state index in [1.54, 1.807) is 6.92 Å². The van der Waals surface area contributed by atoms with Crippen molar-refractivity contribution in [3.63, 3.8) is 0 Å². The summed E-state index contributed by atoms with van der Waals surface area (Å²) in [6.07, 6.45) is -5.18. The van der Waals surface area contributed by atoms with Gasteiger partial charge in [-0.25, -0.2) is 9.97 Å². The number of nitrogen functional groups attached to an aromatic ring is 1. The van der Waals surface area contributed by atoms with Crippen LogP contribution < -0.4 is 11.5 Å². The Hall–Kier alpha value is -2.08. The van der Waals surface area contributed by atoms with Gasteiger partial charge in [-0.15, -0.1) is 0 Å². The average molecular weight is 387 g/mol. The fourth-order valence-corrected chi connectivity index (χ4v) is 3.78. The Morgan fingerprint density at radius 1 is 1.35 bits per heavy atom. The van der Waals surface area contributed by atoms with Crippen LogP contribution >= 0.6 is 7.60 Å². The first-order chi connectivity index (χ1) is 12.0. The number of amides is 1. The zero-order chi connectivity index (χ0) is 19.4. The first kappa shape index (κ1) is 18.7. The SMILES string of the molecule is Cc1nc(N)c2c(C(N)=O)cn([C@@H]3O[C@H](CP(=O)(O)O)[C@@H](O)[C@H]3O)c2n1. The molecule has 4 atom stereocenters. The highest BCUT2D eigenvalue weighted by molar-refractivity contribution is 7.51. The summed E-state index contributed by atoms with van der Waals surface area (Å²) in [5, 5.41) is 20.5. The minimum absolute atomic E-state index is 0.000136. The van der Waals surface area contributed by atoms with Gasteiger partial charge in [0.05, 0.1) is 17.1 Å². The van der Waals surface area contributed by atoms with Gasteiger partial charge in [-0.3, -0.25) is 9.36 Å². The second kappa shape index (κ2) is 6.27. The molecule has 0 bridgehead atoms. The van der Waals surface area contributed by atoms with Gasteiger partial charge in [0.25, 0.3) is 5.91 Å². The van der Waals surface area contributed by atoms with Gasteiger partial charge in [0.1, 0.15) is 35.6 Å². The third-order valence-electron chi connectivity index (χ3n) is 4.11. The fourth-order valence-electron chi connectivity index (χ4n) is 3.01. The van der Waals surface area contributed by atoms with Crippen LogP contribution in [-0.2, 0) is 9.30 Å². The fraction of sp³-hybridized carbons (Fsp3) is 0.462. The molecule has 3 heterocycles. The highest BCUT2D eigenvalue weighted by Crippen LogP contribution is 2.42. The van der Waals surface area contributed by atoms with Gasteiger partial charge < -0.3 is 40.8 Å². The van der Waals surface area contributed by atoms with Crippen molar-refractivity contribution < 1.29 is 34.1 Å². The molecule has 8 N–H and O–H groups in total. The number of aryl methyl sites for hydroxylation is 1. The average Bonchev–Trinajstić information content (AvgIpc) is 2.99. The second-order valence-electron chi connectivity index (χ2n) is 6.06. The summed E-state index contributed by atoms with van der Waals surface area (Å²) in [5.41, 5.74) is 11.3. The third kappa shape index (κ3) is 3.18. The zero-order valence-corrected chi connectivity index (χ0v) is 14.4. The van der Waals surface area contributed by atoms with Crippen LogP contribution in [0.5, 0.6) is 0 Å². The zero-order valence-electron chi connectivity index (χ0n) is 13.6. The lowest BCUT2D eigenvalue weighted by molar-refractivity contribution is -0.0297. The van der Waals surface area contributed by atoms with Gasteiger partial charge in [-0.1, -0.05) is 0 Å². The molecule has 0 spiro atoms. The Morgan fingerprint density at radius 3 is 2.58 bits per heavy atom. The summed E-state index contributed by atoms with van der Waals surface area (Å²) >= 11 is 0. The number of carbonyl (C=O) groups excluding carboxylic acids is 1. The number of anilines is 1. The molecule has 1 fully saturated rings. The molecule has 26 heavy (non-hydrogen) atoms. The number of ether oxygens (including phenoxy) is 1. The maximum atomic E-state index is 11.7. The summed E-state index contributed by atoms with van der Waals surface area (Å²) in [4.78, 5) is 38.1. The van der Waals surface area contributed by atoms with Gasteiger partial charge >= 0.3 is 7.60 Å². The molecule has 1 aliphatic heterocycles. The molecule has 0 aliphatic carbocycles. The number of aromatic nitrogens is 3. The molecular formula is C13H18N5O7P. The maximum Gasteiger partial charge on any atom is 0.328 e. The van der Waals surface area contributed by atoms with Crippen molar-refractivity contribution in [1.29, 1.82) is 0 Å². The van der Waals surface area contributed by atoms with E-state index < -0.39 is 44.2 Å². The van der Waals surface area contributed by atoms with Crippen LogP contribution in [0.4, 0.5) is 5.82 Å². The van der Waals surface area contributed by atoms with Gasteiger partial charge in [-0.2, -0.15) is 0 Å². The minimum Gasteiger partial charge on any atom is -0.387 e. The smallest absolute Gasteiger partial charge is 0.328 e. The van der Waals surface area contributed by atoms with E-state index in [1.165, 1.54) is 10.8 Å². The van der Waals surface area contributed by atoms with Gasteiger partial charge in [-0.05, 0) is 6.92 Å². The number of aliphatic hydroxyl groups is 2. The highest BCUT2D eigenvalue weighted by atomic mass is 31.2. The van der Waals surface area contributed by atoms with Crippen molar-refractivity contribution in [3.8, 4) is 0 Å². The molecule has 1 amide bonds. The van der Waals surface area contributed by atoms with Crippen molar-refractivity contribution >= 4 is 30.4 Å². The predicted molar refractivity (Wildman–Crippen MR) is 88.0 cm³/mol. The van der Waals surface area contributed by atoms with Gasteiger partial charge in [0.15, 0.2) is 6.23 Å². The number of fused-ring (bicyclic) bond motifs is 1. The molecule has 0 radical (unpaired) electrons. The monoisotopic (exact) mass is 387 g/mol. The third-order valence-corrected chi connectivity index (χ3v) is 4.94. The Bertz CT molecular complexity index is 925. The van der Waals surface area contributed by atoms with Gasteiger partial charge in [0, 0.05) is 6.20 Å². The largest absolute Gasteiger partial charge is 0.387 e. The molecule has 1 aliphatic rings. The first-order valence-corrected chi connectivity index (χ1v) is 9.30. The first-order valence-electron chi connectivity index (χ1n) is 7.50. The van der Waals surface area contributed by atoms with E-state index in [4.69, 9.17) is 26.0 Å². The molecule has 1 saturated heterocycles. The lowest BCUT2D eigenvalue weighted by Crippen LogP contribution is -2.33. The molecule has 2 aromatic heterocycles. The standard InChI is InChI=1S/C13H18N5O7P/c1-4-16-10(14)7-5(11(15)21)2-18(12(7)17-4)13-9(20)8(19)6(25-13)3-26(22,23)24/h2,6,8-9,13,19-20H,3H2,1H3,(H2,15,21)(H2,14,16,17)(H2,22,23,24)/t6-,8-,9-,13-/m1/s1. The Kier molecular flexibility index (Phi) is 4.51. The van der Waals surface area contributed by atoms with Crippen LogP contribution in [0, 0.1) is 6.92 Å². The molecule has 12 nitrogen and oxygen atoms in total. The molecule has 3 rings (SSSR count). The summed E-state index contributed by atoms with van der Waals surface area (Å²) in [5.74, 6) is -0.530. The number of carbonyl (C=O) groups is 1. The molecule has 2 aromatic rings. The van der Waals surface area contributed by atoms with Crippen molar-refractivity contribution in [2.24, 2.45) is 5.73 Å². The molecule has 0 unspecified atom stereocenters. The Balaban J connectivity index is 2.11. The minimum atomic E-state index is -4.50. The van der Waals surface area contributed by atoms with E-state index in [-0.39, 0.29) is 28.2 Å². The lowest BCUT2D eigenvalue weighted by Gasteiger charge is -2.17. The van der Waals surface area contributed by atoms with Crippen molar-refractivity contribution in [1.82, 2.24) is 14.5 Å². The van der Waals surface area contributed by atoms with E-state index in [1.807, 2.05) is 0 Å². The maximum absolute atomic E-state index is 11.7. The Morgan fingerprint density at radius 2 is 2.00 bits per heavy atom. The number of aliphatic hydroxyl groups excluding tert-OH is 2. The topological polar surface area (TPSA) is 207 Å². The normalized spacial score (nSPS) is 26.5. The summed E-state index contributed by atoms with van der Waals surface area (Å²) < 4.78 is 17.9. The van der Waals surface area contributed by atoms with Crippen LogP contribution in [0.3, 0.4) is 0 Å². The van der Waals surface area contributed by atoms with E-state index >= 15 is 0 Å². The van der Waals surface area contributed by atoms with Crippen LogP contribution in [-0.4, -0.2) is 64.9 Å². The summed E-state index contributed by atoms with van der Waals surface area (Å²) in [6.45, 7) is 1.56. The Labute approximate surface area is 146 Å². The quantitative estimate of drug-likeness (QED) is 0.325. The van der Waals surface area contributed by atoms with Gasteiger partial charge in [0.2, 0.25) is 0 Å². The summed E-state index contributed by atoms with van der Waals surface area (Å²) in [7, 11) is -4.50. The van der Waals surface area contributed by atoms with E-state index in [0.29, 0.717) is 0 Å². The molecule has 0 aromatic carbocycles. The van der Waals surface area contributed by atoms with Crippen molar-refractivity contribution in [3.05, 3.63) is 17.6 Å². The van der Waals surface area contributed by atoms with E-state index in [0.717, 1.165) is 0 Å². The van der Waals surface area contributed by atoms with Crippen LogP contribution in [0.2, 0.25) is 0 Å². The molecular weight excluding hydrogens is 369 g/mol. The molecule has 0 saturated carbocycles. The van der Waals surface area contributed by atoms with Crippen molar-refractivity contribution in [2.75, 3.05) is 11.9 Å². The van der Waals surface area contributed by atoms with Crippen LogP contribution in [0.1, 0.15) is 22.4 Å². The number of hydrogen-bond acceptors (Lipinski definition) is 8. The highest BCUT2D eigenvalue weighted by Gasteiger charge is 2.46.